The Morgan fingerprint density at radius 3 is 2.36 bits per heavy atom. The molecule has 2 rings (SSSR count). The number of rotatable bonds is 5. The van der Waals surface area contributed by atoms with Crippen LogP contribution in [0.3, 0.4) is 0 Å². The number of aromatic nitrogens is 2. The van der Waals surface area contributed by atoms with Gasteiger partial charge >= 0.3 is 0 Å². The molecule has 1 aromatic heterocycles. The fourth-order valence-electron chi connectivity index (χ4n) is 1.90. The number of methoxy groups -OCH3 is 1. The molecule has 6 nitrogen and oxygen atoms in total. The van der Waals surface area contributed by atoms with Crippen molar-refractivity contribution in [1.29, 1.82) is 0 Å². The molecule has 1 N–H and O–H groups in total. The summed E-state index contributed by atoms with van der Waals surface area (Å²) < 4.78 is 32.7. The predicted molar refractivity (Wildman–Crippen MR) is 83.3 cm³/mol. The number of ether oxygens (including phenoxy) is 1. The van der Waals surface area contributed by atoms with Gasteiger partial charge in [-0.25, -0.2) is 13.1 Å². The van der Waals surface area contributed by atoms with Gasteiger partial charge < -0.3 is 4.74 Å². The molecule has 118 valence electrons. The van der Waals surface area contributed by atoms with Crippen LogP contribution in [0.2, 0.25) is 0 Å². The third-order valence-corrected chi connectivity index (χ3v) is 4.79. The number of hydrogen-bond donors (Lipinski definition) is 1. The summed E-state index contributed by atoms with van der Waals surface area (Å²) in [4.78, 5) is 0.123. The van der Waals surface area contributed by atoms with Gasteiger partial charge in [0.05, 0.1) is 25.0 Å². The summed E-state index contributed by atoms with van der Waals surface area (Å²) in [5, 5.41) is 7.84. The van der Waals surface area contributed by atoms with E-state index < -0.39 is 10.0 Å². The summed E-state index contributed by atoms with van der Waals surface area (Å²) in [6.07, 6.45) is 0. The van der Waals surface area contributed by atoms with E-state index in [1.165, 1.54) is 7.11 Å². The standard InChI is InChI=1S/C15H19N3O3S/c1-10-7-14(21-4)15(8-11(10)2)22(19,20)16-9-13-6-5-12(3)17-18-13/h5-8,16H,9H2,1-4H3. The Balaban J connectivity index is 2.27. The molecule has 7 heteroatoms. The van der Waals surface area contributed by atoms with Crippen molar-refractivity contribution >= 4 is 10.0 Å². The maximum absolute atomic E-state index is 12.5. The maximum Gasteiger partial charge on any atom is 0.244 e. The zero-order chi connectivity index (χ0) is 16.3. The molecule has 0 spiro atoms. The highest BCUT2D eigenvalue weighted by Crippen LogP contribution is 2.27. The first-order valence-electron chi connectivity index (χ1n) is 6.77. The van der Waals surface area contributed by atoms with Crippen LogP contribution in [-0.2, 0) is 16.6 Å². The summed E-state index contributed by atoms with van der Waals surface area (Å²) in [5.41, 5.74) is 3.19. The van der Waals surface area contributed by atoms with Crippen molar-refractivity contribution in [2.75, 3.05) is 7.11 Å². The molecule has 0 amide bonds. The topological polar surface area (TPSA) is 81.2 Å². The quantitative estimate of drug-likeness (QED) is 0.909. The van der Waals surface area contributed by atoms with E-state index in [1.807, 2.05) is 20.8 Å². The molecule has 2 aromatic rings. The molecule has 0 atom stereocenters. The Morgan fingerprint density at radius 2 is 1.77 bits per heavy atom. The van der Waals surface area contributed by atoms with E-state index in [4.69, 9.17) is 4.74 Å². The zero-order valence-corrected chi connectivity index (χ0v) is 13.9. The fraction of sp³-hybridized carbons (Fsp3) is 0.333. The lowest BCUT2D eigenvalue weighted by Gasteiger charge is -2.13. The average Bonchev–Trinajstić information content (AvgIpc) is 2.49. The van der Waals surface area contributed by atoms with E-state index in [9.17, 15) is 8.42 Å². The van der Waals surface area contributed by atoms with Crippen molar-refractivity contribution in [2.45, 2.75) is 32.2 Å². The summed E-state index contributed by atoms with van der Waals surface area (Å²) in [5.74, 6) is 0.325. The lowest BCUT2D eigenvalue weighted by Crippen LogP contribution is -2.24. The molecule has 22 heavy (non-hydrogen) atoms. The van der Waals surface area contributed by atoms with Crippen LogP contribution in [0.25, 0.3) is 0 Å². The summed E-state index contributed by atoms with van der Waals surface area (Å²) in [7, 11) is -2.24. The molecule has 0 saturated carbocycles. The van der Waals surface area contributed by atoms with Crippen LogP contribution in [0, 0.1) is 20.8 Å². The second-order valence-corrected chi connectivity index (χ2v) is 6.81. The maximum atomic E-state index is 12.5. The van der Waals surface area contributed by atoms with Gasteiger partial charge in [-0.15, -0.1) is 0 Å². The Morgan fingerprint density at radius 1 is 1.09 bits per heavy atom. The molecule has 0 fully saturated rings. The SMILES string of the molecule is COc1cc(C)c(C)cc1S(=O)(=O)NCc1ccc(C)nn1. The number of benzene rings is 1. The van der Waals surface area contributed by atoms with E-state index in [0.717, 1.165) is 16.8 Å². The van der Waals surface area contributed by atoms with Gasteiger partial charge in [0.1, 0.15) is 10.6 Å². The third-order valence-electron chi connectivity index (χ3n) is 3.37. The smallest absolute Gasteiger partial charge is 0.244 e. The average molecular weight is 321 g/mol. The first-order chi connectivity index (χ1) is 10.3. The number of aryl methyl sites for hydroxylation is 3. The number of hydrogen-bond acceptors (Lipinski definition) is 5. The number of nitrogens with one attached hydrogen (secondary N) is 1. The van der Waals surface area contributed by atoms with E-state index >= 15 is 0 Å². The molecule has 0 saturated heterocycles. The first kappa shape index (κ1) is 16.4. The summed E-state index contributed by atoms with van der Waals surface area (Å²) in [6.45, 7) is 5.66. The van der Waals surface area contributed by atoms with Crippen molar-refractivity contribution < 1.29 is 13.2 Å². The summed E-state index contributed by atoms with van der Waals surface area (Å²) >= 11 is 0. The molecule has 0 aliphatic heterocycles. The van der Waals surface area contributed by atoms with Crippen LogP contribution in [0.4, 0.5) is 0 Å². The van der Waals surface area contributed by atoms with Crippen molar-refractivity contribution in [3.63, 3.8) is 0 Å². The second-order valence-electron chi connectivity index (χ2n) is 5.08. The van der Waals surface area contributed by atoms with Gasteiger partial charge in [0.25, 0.3) is 0 Å². The Kier molecular flexibility index (Phi) is 4.77. The normalized spacial score (nSPS) is 11.5. The highest BCUT2D eigenvalue weighted by molar-refractivity contribution is 7.89. The van der Waals surface area contributed by atoms with E-state index in [2.05, 4.69) is 14.9 Å². The van der Waals surface area contributed by atoms with Gasteiger partial charge in [-0.2, -0.15) is 10.2 Å². The lowest BCUT2D eigenvalue weighted by molar-refractivity contribution is 0.401. The minimum Gasteiger partial charge on any atom is -0.495 e. The minimum absolute atomic E-state index is 0.0751. The minimum atomic E-state index is -3.69. The van der Waals surface area contributed by atoms with Gasteiger partial charge in [0, 0.05) is 0 Å². The monoisotopic (exact) mass is 321 g/mol. The summed E-state index contributed by atoms with van der Waals surface area (Å²) in [6, 6.07) is 6.85. The van der Waals surface area contributed by atoms with Crippen LogP contribution in [-0.4, -0.2) is 25.7 Å². The predicted octanol–water partition coefficient (Wildman–Crippen LogP) is 1.89. The van der Waals surface area contributed by atoms with E-state index in [-0.39, 0.29) is 11.4 Å². The van der Waals surface area contributed by atoms with Gasteiger partial charge in [0.15, 0.2) is 0 Å². The Bertz CT molecular complexity index is 771. The Hall–Kier alpha value is -1.99. The second kappa shape index (κ2) is 6.41. The van der Waals surface area contributed by atoms with Crippen LogP contribution in [0.1, 0.15) is 22.5 Å². The Labute approximate surface area is 130 Å². The van der Waals surface area contributed by atoms with E-state index in [1.54, 1.807) is 24.3 Å². The van der Waals surface area contributed by atoms with Crippen LogP contribution < -0.4 is 9.46 Å². The van der Waals surface area contributed by atoms with E-state index in [0.29, 0.717) is 11.4 Å². The van der Waals surface area contributed by atoms with Crippen molar-refractivity contribution in [1.82, 2.24) is 14.9 Å². The molecule has 0 radical (unpaired) electrons. The van der Waals surface area contributed by atoms with Crippen molar-refractivity contribution in [3.05, 3.63) is 46.8 Å². The molecule has 0 aliphatic carbocycles. The molecular formula is C15H19N3O3S. The van der Waals surface area contributed by atoms with Crippen molar-refractivity contribution in [2.24, 2.45) is 0 Å². The van der Waals surface area contributed by atoms with Gasteiger partial charge in [-0.3, -0.25) is 0 Å². The molecule has 0 unspecified atom stereocenters. The van der Waals surface area contributed by atoms with Crippen molar-refractivity contribution in [3.8, 4) is 5.75 Å². The first-order valence-corrected chi connectivity index (χ1v) is 8.26. The zero-order valence-electron chi connectivity index (χ0n) is 13.0. The molecule has 0 bridgehead atoms. The van der Waals surface area contributed by atoms with Gasteiger partial charge in [0.2, 0.25) is 10.0 Å². The highest BCUT2D eigenvalue weighted by Gasteiger charge is 2.20. The third kappa shape index (κ3) is 3.61. The number of sulfonamides is 1. The lowest BCUT2D eigenvalue weighted by atomic mass is 10.1. The van der Waals surface area contributed by atoms with Crippen LogP contribution in [0.5, 0.6) is 5.75 Å². The van der Waals surface area contributed by atoms with Gasteiger partial charge in [-0.05, 0) is 56.2 Å². The molecule has 1 heterocycles. The highest BCUT2D eigenvalue weighted by atomic mass is 32.2. The van der Waals surface area contributed by atoms with Crippen LogP contribution in [0.15, 0.2) is 29.2 Å². The molecular weight excluding hydrogens is 302 g/mol. The molecule has 0 aliphatic rings. The number of nitrogens with zero attached hydrogens (tertiary/aromatic N) is 2. The fourth-order valence-corrected chi connectivity index (χ4v) is 3.13. The molecule has 1 aromatic carbocycles. The largest absolute Gasteiger partial charge is 0.495 e. The van der Waals surface area contributed by atoms with Gasteiger partial charge in [-0.1, -0.05) is 0 Å². The van der Waals surface area contributed by atoms with Crippen LogP contribution >= 0.6 is 0 Å².